The Morgan fingerprint density at radius 3 is 2.80 bits per heavy atom. The number of aromatic nitrogens is 2. The average molecular weight is 273 g/mol. The van der Waals surface area contributed by atoms with Crippen LogP contribution in [-0.4, -0.2) is 26.7 Å². The topological polar surface area (TPSA) is 106 Å². The van der Waals surface area contributed by atoms with Crippen LogP contribution in [0.15, 0.2) is 35.7 Å². The molecule has 1 heterocycles. The monoisotopic (exact) mass is 273 g/mol. The fraction of sp³-hybridized carbons (Fsp3) is 0.154. The lowest BCUT2D eigenvalue weighted by molar-refractivity contribution is 0.102. The van der Waals surface area contributed by atoms with Crippen LogP contribution < -0.4 is 11.1 Å². The fourth-order valence-electron chi connectivity index (χ4n) is 1.71. The molecule has 0 saturated carbocycles. The number of nitrogens with two attached hydrogens (primary N) is 1. The Labute approximate surface area is 115 Å². The van der Waals surface area contributed by atoms with Crippen molar-refractivity contribution in [1.29, 1.82) is 0 Å². The lowest BCUT2D eigenvalue weighted by Crippen LogP contribution is -2.16. The molecule has 7 heteroatoms. The zero-order valence-corrected chi connectivity index (χ0v) is 11.2. The highest BCUT2D eigenvalue weighted by atomic mass is 16.4. The number of aryl methyl sites for hydroxylation is 2. The van der Waals surface area contributed by atoms with E-state index in [1.807, 2.05) is 6.92 Å². The number of hydrogen-bond acceptors (Lipinski definition) is 4. The minimum absolute atomic E-state index is 0.0122. The summed E-state index contributed by atoms with van der Waals surface area (Å²) in [5, 5.41) is 18.3. The van der Waals surface area contributed by atoms with Crippen LogP contribution in [0.2, 0.25) is 0 Å². The number of hydrogen-bond donors (Lipinski definition) is 3. The molecule has 0 atom stereocenters. The highest BCUT2D eigenvalue weighted by Gasteiger charge is 2.11. The minimum atomic E-state index is -0.266. The Morgan fingerprint density at radius 1 is 1.45 bits per heavy atom. The van der Waals surface area contributed by atoms with Crippen molar-refractivity contribution in [3.63, 3.8) is 0 Å². The normalized spacial score (nSPS) is 11.4. The predicted octanol–water partition coefficient (Wildman–Crippen LogP) is 1.08. The highest BCUT2D eigenvalue weighted by molar-refractivity contribution is 6.05. The van der Waals surface area contributed by atoms with E-state index in [4.69, 9.17) is 10.9 Å². The van der Waals surface area contributed by atoms with E-state index in [9.17, 15) is 4.79 Å². The van der Waals surface area contributed by atoms with E-state index >= 15 is 0 Å². The summed E-state index contributed by atoms with van der Waals surface area (Å²) in [5.41, 5.74) is 7.99. The summed E-state index contributed by atoms with van der Waals surface area (Å²) >= 11 is 0. The first kappa shape index (κ1) is 13.6. The van der Waals surface area contributed by atoms with E-state index in [1.165, 1.54) is 6.20 Å². The van der Waals surface area contributed by atoms with E-state index in [-0.39, 0.29) is 11.7 Å². The first-order chi connectivity index (χ1) is 9.51. The molecule has 2 aromatic rings. The third kappa shape index (κ3) is 2.77. The van der Waals surface area contributed by atoms with Crippen molar-refractivity contribution >= 4 is 17.4 Å². The third-order valence-electron chi connectivity index (χ3n) is 2.86. The van der Waals surface area contributed by atoms with Crippen molar-refractivity contribution < 1.29 is 10.0 Å². The number of amidine groups is 1. The zero-order valence-electron chi connectivity index (χ0n) is 11.2. The van der Waals surface area contributed by atoms with Crippen molar-refractivity contribution in [3.05, 3.63) is 47.3 Å². The number of rotatable bonds is 3. The summed E-state index contributed by atoms with van der Waals surface area (Å²) in [6, 6.07) is 5.15. The Hall–Kier alpha value is -2.83. The van der Waals surface area contributed by atoms with Gasteiger partial charge in [-0.3, -0.25) is 9.48 Å². The maximum Gasteiger partial charge on any atom is 0.258 e. The molecule has 1 aromatic carbocycles. The molecule has 0 aliphatic carbocycles. The minimum Gasteiger partial charge on any atom is -0.409 e. The van der Waals surface area contributed by atoms with Gasteiger partial charge in [0.25, 0.3) is 5.91 Å². The molecule has 0 fully saturated rings. The van der Waals surface area contributed by atoms with Gasteiger partial charge in [-0.25, -0.2) is 0 Å². The number of benzene rings is 1. The van der Waals surface area contributed by atoms with Gasteiger partial charge in [0.05, 0.1) is 11.8 Å². The Kier molecular flexibility index (Phi) is 3.69. The number of oxime groups is 1. The fourth-order valence-corrected chi connectivity index (χ4v) is 1.71. The third-order valence-corrected chi connectivity index (χ3v) is 2.86. The van der Waals surface area contributed by atoms with E-state index in [0.29, 0.717) is 16.8 Å². The molecule has 104 valence electrons. The van der Waals surface area contributed by atoms with E-state index < -0.39 is 0 Å². The number of nitrogens with one attached hydrogen (secondary N) is 1. The van der Waals surface area contributed by atoms with Crippen molar-refractivity contribution in [2.24, 2.45) is 17.9 Å². The van der Waals surface area contributed by atoms with Crippen LogP contribution in [0.3, 0.4) is 0 Å². The van der Waals surface area contributed by atoms with E-state index in [1.54, 1.807) is 36.1 Å². The molecule has 0 unspecified atom stereocenters. The number of nitrogens with zero attached hydrogens (tertiary/aromatic N) is 3. The lowest BCUT2D eigenvalue weighted by atomic mass is 10.1. The Balaban J connectivity index is 2.26. The largest absolute Gasteiger partial charge is 0.409 e. The van der Waals surface area contributed by atoms with Gasteiger partial charge in [0, 0.05) is 24.5 Å². The molecule has 0 saturated heterocycles. The second kappa shape index (κ2) is 5.43. The molecule has 0 spiro atoms. The van der Waals surface area contributed by atoms with Gasteiger partial charge in [-0.15, -0.1) is 0 Å². The molecule has 0 aliphatic heterocycles. The highest BCUT2D eigenvalue weighted by Crippen LogP contribution is 2.17. The van der Waals surface area contributed by atoms with Crippen molar-refractivity contribution in [1.82, 2.24) is 9.78 Å². The maximum absolute atomic E-state index is 12.1. The summed E-state index contributed by atoms with van der Waals surface area (Å²) in [6.45, 7) is 1.86. The van der Waals surface area contributed by atoms with Gasteiger partial charge in [0.1, 0.15) is 0 Å². The molecule has 2 rings (SSSR count). The van der Waals surface area contributed by atoms with Gasteiger partial charge in [0.2, 0.25) is 0 Å². The molecule has 0 bridgehead atoms. The molecule has 0 aliphatic rings. The number of carbonyl (C=O) groups excluding carboxylic acids is 1. The van der Waals surface area contributed by atoms with Crippen LogP contribution >= 0.6 is 0 Å². The second-order valence-corrected chi connectivity index (χ2v) is 4.37. The predicted molar refractivity (Wildman–Crippen MR) is 74.9 cm³/mol. The van der Waals surface area contributed by atoms with Gasteiger partial charge in [0.15, 0.2) is 5.84 Å². The summed E-state index contributed by atoms with van der Waals surface area (Å²) < 4.78 is 1.55. The Morgan fingerprint density at radius 2 is 2.20 bits per heavy atom. The van der Waals surface area contributed by atoms with Crippen LogP contribution in [0.4, 0.5) is 5.69 Å². The first-order valence-corrected chi connectivity index (χ1v) is 5.90. The molecule has 1 aromatic heterocycles. The van der Waals surface area contributed by atoms with Gasteiger partial charge >= 0.3 is 0 Å². The zero-order chi connectivity index (χ0) is 14.7. The summed E-state index contributed by atoms with van der Waals surface area (Å²) in [4.78, 5) is 12.1. The van der Waals surface area contributed by atoms with Crippen LogP contribution in [0.5, 0.6) is 0 Å². The SMILES string of the molecule is Cc1ccc(C(N)=NO)cc1NC(=O)c1cnn(C)c1. The maximum atomic E-state index is 12.1. The van der Waals surface area contributed by atoms with Gasteiger partial charge < -0.3 is 16.3 Å². The molecule has 20 heavy (non-hydrogen) atoms. The molecule has 7 nitrogen and oxygen atoms in total. The summed E-state index contributed by atoms with van der Waals surface area (Å²) in [7, 11) is 1.74. The van der Waals surface area contributed by atoms with Crippen LogP contribution in [0, 0.1) is 6.92 Å². The standard InChI is InChI=1S/C13H15N5O2/c1-8-3-4-9(12(14)17-20)5-11(8)16-13(19)10-6-15-18(2)7-10/h3-7,20H,1-2H3,(H2,14,17)(H,16,19). The van der Waals surface area contributed by atoms with Crippen LogP contribution in [0.1, 0.15) is 21.5 Å². The smallest absolute Gasteiger partial charge is 0.258 e. The van der Waals surface area contributed by atoms with Crippen molar-refractivity contribution in [2.75, 3.05) is 5.32 Å². The van der Waals surface area contributed by atoms with E-state index in [2.05, 4.69) is 15.6 Å². The number of carbonyl (C=O) groups is 1. The molecular weight excluding hydrogens is 258 g/mol. The quantitative estimate of drug-likeness (QED) is 0.336. The summed E-state index contributed by atoms with van der Waals surface area (Å²) in [5.74, 6) is -0.278. The summed E-state index contributed by atoms with van der Waals surface area (Å²) in [6.07, 6.45) is 3.11. The average Bonchev–Trinajstić information content (AvgIpc) is 2.87. The van der Waals surface area contributed by atoms with Crippen molar-refractivity contribution in [2.45, 2.75) is 6.92 Å². The Bertz CT molecular complexity index is 675. The lowest BCUT2D eigenvalue weighted by Gasteiger charge is -2.09. The molecular formula is C13H15N5O2. The molecule has 1 amide bonds. The number of anilines is 1. The van der Waals surface area contributed by atoms with Crippen molar-refractivity contribution in [3.8, 4) is 0 Å². The molecule has 0 radical (unpaired) electrons. The second-order valence-electron chi connectivity index (χ2n) is 4.37. The number of amides is 1. The molecule has 4 N–H and O–H groups in total. The van der Waals surface area contributed by atoms with Gasteiger partial charge in [-0.05, 0) is 18.6 Å². The van der Waals surface area contributed by atoms with Gasteiger partial charge in [-0.2, -0.15) is 5.10 Å². The first-order valence-electron chi connectivity index (χ1n) is 5.90. The van der Waals surface area contributed by atoms with Gasteiger partial charge in [-0.1, -0.05) is 17.3 Å². The van der Waals surface area contributed by atoms with Crippen LogP contribution in [-0.2, 0) is 7.05 Å². The van der Waals surface area contributed by atoms with Crippen LogP contribution in [0.25, 0.3) is 0 Å². The van der Waals surface area contributed by atoms with E-state index in [0.717, 1.165) is 5.56 Å².